The van der Waals surface area contributed by atoms with Gasteiger partial charge in [0, 0.05) is 31.2 Å². The molecular formula is C17H20N2O. The minimum absolute atomic E-state index is 0.242. The van der Waals surface area contributed by atoms with Crippen molar-refractivity contribution < 1.29 is 4.74 Å². The quantitative estimate of drug-likeness (QED) is 0.930. The minimum atomic E-state index is 0.242. The van der Waals surface area contributed by atoms with Crippen molar-refractivity contribution in [3.05, 3.63) is 65.7 Å². The van der Waals surface area contributed by atoms with Crippen LogP contribution in [0, 0.1) is 0 Å². The highest BCUT2D eigenvalue weighted by atomic mass is 16.5. The summed E-state index contributed by atoms with van der Waals surface area (Å²) in [6, 6.07) is 19.0. The maximum Gasteiger partial charge on any atom is 0.123 e. The third-order valence-corrected chi connectivity index (χ3v) is 3.83. The summed E-state index contributed by atoms with van der Waals surface area (Å²) < 4.78 is 5.83. The number of fused-ring (bicyclic) bond motifs is 1. The van der Waals surface area contributed by atoms with E-state index >= 15 is 0 Å². The van der Waals surface area contributed by atoms with Crippen LogP contribution in [0.2, 0.25) is 0 Å². The smallest absolute Gasteiger partial charge is 0.123 e. The van der Waals surface area contributed by atoms with Crippen LogP contribution in [0.25, 0.3) is 0 Å². The SMILES string of the molecule is NCC(c1ccccc1)N1CCOc2ccccc2C1. The van der Waals surface area contributed by atoms with Gasteiger partial charge in [-0.3, -0.25) is 4.90 Å². The number of nitrogens with two attached hydrogens (primary N) is 1. The summed E-state index contributed by atoms with van der Waals surface area (Å²) in [6.07, 6.45) is 0. The predicted molar refractivity (Wildman–Crippen MR) is 80.6 cm³/mol. The van der Waals surface area contributed by atoms with E-state index in [1.807, 2.05) is 18.2 Å². The van der Waals surface area contributed by atoms with Crippen molar-refractivity contribution in [1.29, 1.82) is 0 Å². The van der Waals surface area contributed by atoms with E-state index in [0.29, 0.717) is 13.2 Å². The van der Waals surface area contributed by atoms with Crippen LogP contribution >= 0.6 is 0 Å². The Morgan fingerprint density at radius 3 is 2.60 bits per heavy atom. The van der Waals surface area contributed by atoms with Crippen LogP contribution in [-0.2, 0) is 6.54 Å². The van der Waals surface area contributed by atoms with Gasteiger partial charge in [-0.1, -0.05) is 48.5 Å². The summed E-state index contributed by atoms with van der Waals surface area (Å²) in [5, 5.41) is 0. The molecule has 1 heterocycles. The largest absolute Gasteiger partial charge is 0.492 e. The average Bonchev–Trinajstić information content (AvgIpc) is 2.71. The Bertz CT molecular complexity index is 556. The highest BCUT2D eigenvalue weighted by Crippen LogP contribution is 2.28. The lowest BCUT2D eigenvalue weighted by atomic mass is 10.0. The predicted octanol–water partition coefficient (Wildman–Crippen LogP) is 2.58. The molecule has 3 heteroatoms. The summed E-state index contributed by atoms with van der Waals surface area (Å²) in [5.41, 5.74) is 8.53. The maximum absolute atomic E-state index is 6.02. The molecule has 0 spiro atoms. The Kier molecular flexibility index (Phi) is 4.00. The fourth-order valence-corrected chi connectivity index (χ4v) is 2.78. The zero-order valence-corrected chi connectivity index (χ0v) is 11.5. The van der Waals surface area contributed by atoms with E-state index in [1.54, 1.807) is 0 Å². The lowest BCUT2D eigenvalue weighted by Crippen LogP contribution is -2.34. The highest BCUT2D eigenvalue weighted by Gasteiger charge is 2.22. The molecular weight excluding hydrogens is 248 g/mol. The first kappa shape index (κ1) is 13.2. The average molecular weight is 268 g/mol. The zero-order valence-electron chi connectivity index (χ0n) is 11.5. The number of hydrogen-bond donors (Lipinski definition) is 1. The molecule has 1 aliphatic heterocycles. The van der Waals surface area contributed by atoms with Crippen molar-refractivity contribution in [3.8, 4) is 5.75 Å². The molecule has 0 bridgehead atoms. The van der Waals surface area contributed by atoms with Crippen LogP contribution in [0.15, 0.2) is 54.6 Å². The van der Waals surface area contributed by atoms with Crippen molar-refractivity contribution in [2.45, 2.75) is 12.6 Å². The molecule has 0 saturated carbocycles. The molecule has 2 N–H and O–H groups in total. The summed E-state index contributed by atoms with van der Waals surface area (Å²) >= 11 is 0. The fraction of sp³-hybridized carbons (Fsp3) is 0.294. The van der Waals surface area contributed by atoms with Crippen molar-refractivity contribution in [2.24, 2.45) is 5.73 Å². The van der Waals surface area contributed by atoms with Gasteiger partial charge in [0.05, 0.1) is 0 Å². The van der Waals surface area contributed by atoms with Crippen LogP contribution in [-0.4, -0.2) is 24.6 Å². The van der Waals surface area contributed by atoms with Gasteiger partial charge >= 0.3 is 0 Å². The standard InChI is InChI=1S/C17H20N2O/c18-12-16(14-6-2-1-3-7-14)19-10-11-20-17-9-5-4-8-15(17)13-19/h1-9,16H,10-13,18H2. The first-order chi connectivity index (χ1) is 9.88. The van der Waals surface area contributed by atoms with Crippen molar-refractivity contribution in [3.63, 3.8) is 0 Å². The van der Waals surface area contributed by atoms with E-state index in [0.717, 1.165) is 18.8 Å². The molecule has 104 valence electrons. The van der Waals surface area contributed by atoms with Gasteiger partial charge in [-0.2, -0.15) is 0 Å². The van der Waals surface area contributed by atoms with E-state index in [9.17, 15) is 0 Å². The number of nitrogens with zero attached hydrogens (tertiary/aromatic N) is 1. The third kappa shape index (κ3) is 2.69. The summed E-state index contributed by atoms with van der Waals surface area (Å²) in [5.74, 6) is 0.999. The van der Waals surface area contributed by atoms with Gasteiger partial charge in [0.1, 0.15) is 12.4 Å². The maximum atomic E-state index is 6.02. The highest BCUT2D eigenvalue weighted by molar-refractivity contribution is 5.34. The molecule has 2 aromatic rings. The van der Waals surface area contributed by atoms with Gasteiger partial charge in [-0.15, -0.1) is 0 Å². The van der Waals surface area contributed by atoms with Gasteiger partial charge < -0.3 is 10.5 Å². The normalized spacial score (nSPS) is 16.9. The lowest BCUT2D eigenvalue weighted by molar-refractivity contribution is 0.173. The van der Waals surface area contributed by atoms with Gasteiger partial charge in [-0.25, -0.2) is 0 Å². The van der Waals surface area contributed by atoms with Crippen molar-refractivity contribution >= 4 is 0 Å². The second-order valence-corrected chi connectivity index (χ2v) is 5.09. The van der Waals surface area contributed by atoms with Gasteiger partial charge in [0.2, 0.25) is 0 Å². The van der Waals surface area contributed by atoms with Crippen LogP contribution < -0.4 is 10.5 Å². The van der Waals surface area contributed by atoms with E-state index in [-0.39, 0.29) is 6.04 Å². The second-order valence-electron chi connectivity index (χ2n) is 5.09. The molecule has 3 rings (SSSR count). The van der Waals surface area contributed by atoms with Crippen LogP contribution in [0.5, 0.6) is 5.75 Å². The Labute approximate surface area is 120 Å². The third-order valence-electron chi connectivity index (χ3n) is 3.83. The zero-order chi connectivity index (χ0) is 13.8. The summed E-state index contributed by atoms with van der Waals surface area (Å²) in [7, 11) is 0. The van der Waals surface area contributed by atoms with Gasteiger partial charge in [0.15, 0.2) is 0 Å². The van der Waals surface area contributed by atoms with Crippen LogP contribution in [0.3, 0.4) is 0 Å². The molecule has 0 radical (unpaired) electrons. The molecule has 1 atom stereocenters. The molecule has 0 amide bonds. The molecule has 20 heavy (non-hydrogen) atoms. The Morgan fingerprint density at radius 2 is 1.80 bits per heavy atom. The number of ether oxygens (including phenoxy) is 1. The van der Waals surface area contributed by atoms with Gasteiger partial charge in [0.25, 0.3) is 0 Å². The molecule has 0 fully saturated rings. The van der Waals surface area contributed by atoms with Crippen LogP contribution in [0.1, 0.15) is 17.2 Å². The number of para-hydroxylation sites is 1. The first-order valence-corrected chi connectivity index (χ1v) is 7.08. The molecule has 1 unspecified atom stereocenters. The number of hydrogen-bond acceptors (Lipinski definition) is 3. The monoisotopic (exact) mass is 268 g/mol. The van der Waals surface area contributed by atoms with E-state index < -0.39 is 0 Å². The molecule has 3 nitrogen and oxygen atoms in total. The molecule has 0 saturated heterocycles. The van der Waals surface area contributed by atoms with E-state index in [2.05, 4.69) is 41.3 Å². The lowest BCUT2D eigenvalue weighted by Gasteiger charge is -2.29. The topological polar surface area (TPSA) is 38.5 Å². The number of benzene rings is 2. The molecule has 2 aromatic carbocycles. The van der Waals surface area contributed by atoms with Crippen LogP contribution in [0.4, 0.5) is 0 Å². The molecule has 0 aromatic heterocycles. The Morgan fingerprint density at radius 1 is 1.05 bits per heavy atom. The summed E-state index contributed by atoms with van der Waals surface area (Å²) in [4.78, 5) is 2.40. The van der Waals surface area contributed by atoms with Crippen molar-refractivity contribution in [1.82, 2.24) is 4.90 Å². The minimum Gasteiger partial charge on any atom is -0.492 e. The Balaban J connectivity index is 1.86. The first-order valence-electron chi connectivity index (χ1n) is 7.08. The van der Waals surface area contributed by atoms with Crippen molar-refractivity contribution in [2.75, 3.05) is 19.7 Å². The van der Waals surface area contributed by atoms with Gasteiger partial charge in [-0.05, 0) is 11.6 Å². The second kappa shape index (κ2) is 6.07. The number of rotatable bonds is 3. The Hall–Kier alpha value is -1.84. The summed E-state index contributed by atoms with van der Waals surface area (Å²) in [6.45, 7) is 3.10. The fourth-order valence-electron chi connectivity index (χ4n) is 2.78. The van der Waals surface area contributed by atoms with E-state index in [1.165, 1.54) is 11.1 Å². The molecule has 1 aliphatic rings. The van der Waals surface area contributed by atoms with E-state index in [4.69, 9.17) is 10.5 Å². The molecule has 0 aliphatic carbocycles.